The number of unbranched alkanes of at least 4 members (excludes halogenated alkanes) is 9. The van der Waals surface area contributed by atoms with Crippen molar-refractivity contribution in [2.75, 3.05) is 6.61 Å². The molecule has 3 heteroatoms. The molecule has 0 rings (SSSR count). The van der Waals surface area contributed by atoms with Gasteiger partial charge in [-0.05, 0) is 38.5 Å². The lowest BCUT2D eigenvalue weighted by Gasteiger charge is -2.13. The number of hydrogen-bond acceptors (Lipinski definition) is 3. The zero-order chi connectivity index (χ0) is 18.6. The van der Waals surface area contributed by atoms with Crippen LogP contribution in [0.5, 0.6) is 0 Å². The van der Waals surface area contributed by atoms with Crippen LogP contribution in [0.15, 0.2) is 24.3 Å². The van der Waals surface area contributed by atoms with Gasteiger partial charge < -0.3 is 15.3 Å². The molecule has 25 heavy (non-hydrogen) atoms. The van der Waals surface area contributed by atoms with Crippen molar-refractivity contribution in [3.8, 4) is 0 Å². The summed E-state index contributed by atoms with van der Waals surface area (Å²) in [5.41, 5.74) is 0. The predicted molar refractivity (Wildman–Crippen MR) is 108 cm³/mol. The topological polar surface area (TPSA) is 60.7 Å². The molecule has 0 aliphatic rings. The third-order valence-corrected chi connectivity index (χ3v) is 4.49. The van der Waals surface area contributed by atoms with Gasteiger partial charge in [0.2, 0.25) is 0 Å². The molecule has 0 saturated heterocycles. The van der Waals surface area contributed by atoms with E-state index in [1.54, 1.807) is 0 Å². The molecule has 0 aliphatic carbocycles. The van der Waals surface area contributed by atoms with E-state index in [9.17, 15) is 10.2 Å². The molecular formula is C22H42O3. The van der Waals surface area contributed by atoms with Gasteiger partial charge in [0.25, 0.3) is 0 Å². The Labute approximate surface area is 155 Å². The summed E-state index contributed by atoms with van der Waals surface area (Å²) in [6, 6.07) is 0. The van der Waals surface area contributed by atoms with Gasteiger partial charge in [0.15, 0.2) is 0 Å². The van der Waals surface area contributed by atoms with Crippen molar-refractivity contribution in [1.29, 1.82) is 0 Å². The van der Waals surface area contributed by atoms with Crippen LogP contribution < -0.4 is 0 Å². The van der Waals surface area contributed by atoms with E-state index in [1.165, 1.54) is 51.4 Å². The summed E-state index contributed by atoms with van der Waals surface area (Å²) < 4.78 is 0. The van der Waals surface area contributed by atoms with Gasteiger partial charge in [0.1, 0.15) is 0 Å². The average Bonchev–Trinajstić information content (AvgIpc) is 2.61. The van der Waals surface area contributed by atoms with E-state index in [-0.39, 0.29) is 13.0 Å². The first-order valence-electron chi connectivity index (χ1n) is 10.5. The Kier molecular flexibility index (Phi) is 19.2. The van der Waals surface area contributed by atoms with Gasteiger partial charge in [-0.2, -0.15) is 0 Å². The van der Waals surface area contributed by atoms with Crippen molar-refractivity contribution in [2.45, 2.75) is 109 Å². The average molecular weight is 355 g/mol. The van der Waals surface area contributed by atoms with Crippen molar-refractivity contribution < 1.29 is 15.3 Å². The van der Waals surface area contributed by atoms with Gasteiger partial charge >= 0.3 is 0 Å². The molecule has 0 heterocycles. The van der Waals surface area contributed by atoms with Gasteiger partial charge in [-0.3, -0.25) is 0 Å². The van der Waals surface area contributed by atoms with Crippen molar-refractivity contribution in [3.05, 3.63) is 24.3 Å². The normalized spacial score (nSPS) is 14.6. The molecule has 0 aromatic carbocycles. The summed E-state index contributed by atoms with van der Waals surface area (Å²) in [4.78, 5) is 0. The monoisotopic (exact) mass is 354 g/mol. The fraction of sp³-hybridized carbons (Fsp3) is 0.818. The van der Waals surface area contributed by atoms with Gasteiger partial charge in [-0.1, -0.05) is 76.2 Å². The van der Waals surface area contributed by atoms with Crippen LogP contribution >= 0.6 is 0 Å². The Morgan fingerprint density at radius 3 is 1.84 bits per heavy atom. The van der Waals surface area contributed by atoms with E-state index >= 15 is 0 Å². The van der Waals surface area contributed by atoms with Crippen LogP contribution in [0.2, 0.25) is 0 Å². The van der Waals surface area contributed by atoms with Gasteiger partial charge in [0, 0.05) is 6.42 Å². The lowest BCUT2D eigenvalue weighted by atomic mass is 10.0. The number of aliphatic hydroxyl groups is 3. The Bertz CT molecular complexity index is 312. The highest BCUT2D eigenvalue weighted by Crippen LogP contribution is 2.12. The maximum Gasteiger partial charge on any atom is 0.0795 e. The number of hydrogen-bond donors (Lipinski definition) is 3. The number of aliphatic hydroxyl groups excluding tert-OH is 3. The maximum absolute atomic E-state index is 9.68. The van der Waals surface area contributed by atoms with Crippen LogP contribution in [0.3, 0.4) is 0 Å². The third-order valence-electron chi connectivity index (χ3n) is 4.49. The van der Waals surface area contributed by atoms with Crippen LogP contribution in [0.4, 0.5) is 0 Å². The van der Waals surface area contributed by atoms with Crippen molar-refractivity contribution >= 4 is 0 Å². The van der Waals surface area contributed by atoms with Gasteiger partial charge in [-0.15, -0.1) is 0 Å². The van der Waals surface area contributed by atoms with Crippen molar-refractivity contribution in [3.63, 3.8) is 0 Å². The molecule has 2 atom stereocenters. The second kappa shape index (κ2) is 19.7. The molecule has 3 nitrogen and oxygen atoms in total. The van der Waals surface area contributed by atoms with Crippen LogP contribution in [0.1, 0.15) is 96.8 Å². The van der Waals surface area contributed by atoms with Crippen LogP contribution in [-0.4, -0.2) is 34.1 Å². The first kappa shape index (κ1) is 24.4. The molecule has 0 spiro atoms. The number of rotatable bonds is 18. The molecule has 0 radical (unpaired) electrons. The Hall–Kier alpha value is -0.640. The molecule has 148 valence electrons. The van der Waals surface area contributed by atoms with Gasteiger partial charge in [0.05, 0.1) is 18.8 Å². The minimum atomic E-state index is -0.780. The highest BCUT2D eigenvalue weighted by molar-refractivity contribution is 4.92. The first-order valence-corrected chi connectivity index (χ1v) is 10.5. The summed E-state index contributed by atoms with van der Waals surface area (Å²) >= 11 is 0. The second-order valence-electron chi connectivity index (χ2n) is 7.10. The highest BCUT2D eigenvalue weighted by Gasteiger charge is 2.10. The largest absolute Gasteiger partial charge is 0.394 e. The van der Waals surface area contributed by atoms with Crippen LogP contribution in [0, 0.1) is 0 Å². The molecule has 0 aliphatic heterocycles. The lowest BCUT2D eigenvalue weighted by Crippen LogP contribution is -2.20. The molecule has 3 N–H and O–H groups in total. The smallest absolute Gasteiger partial charge is 0.0795 e. The summed E-state index contributed by atoms with van der Waals surface area (Å²) in [6.45, 7) is 1.98. The molecule has 0 unspecified atom stereocenters. The van der Waals surface area contributed by atoms with Crippen molar-refractivity contribution in [2.24, 2.45) is 0 Å². The van der Waals surface area contributed by atoms with E-state index in [1.807, 2.05) is 0 Å². The zero-order valence-electron chi connectivity index (χ0n) is 16.4. The lowest BCUT2D eigenvalue weighted by molar-refractivity contribution is 0.0380. The SMILES string of the molecule is CCCCCCC=CCC=CCCCCCCC[C@@H](O)C[C@@H](O)CO. The van der Waals surface area contributed by atoms with E-state index < -0.39 is 12.2 Å². The fourth-order valence-electron chi connectivity index (χ4n) is 2.87. The standard InChI is InChI=1S/C22H42O3/c1-2-3-4-5-6-7-8-9-10-11-12-13-14-15-16-17-18-21(24)19-22(25)20-23/h7-8,10-11,21-25H,2-6,9,12-20H2,1H3/t21-,22-/m1/s1. The molecule has 0 aromatic heterocycles. The first-order chi connectivity index (χ1) is 12.2. The second-order valence-corrected chi connectivity index (χ2v) is 7.10. The third kappa shape index (κ3) is 19.5. The highest BCUT2D eigenvalue weighted by atomic mass is 16.3. The molecular weight excluding hydrogens is 312 g/mol. The molecule has 0 aromatic rings. The van der Waals surface area contributed by atoms with Crippen molar-refractivity contribution in [1.82, 2.24) is 0 Å². The Balaban J connectivity index is 3.28. The van der Waals surface area contributed by atoms with Gasteiger partial charge in [-0.25, -0.2) is 0 Å². The minimum absolute atomic E-state index is 0.265. The van der Waals surface area contributed by atoms with E-state index in [4.69, 9.17) is 5.11 Å². The molecule has 0 amide bonds. The van der Waals surface area contributed by atoms with Crippen LogP contribution in [-0.2, 0) is 0 Å². The maximum atomic E-state index is 9.68. The Morgan fingerprint density at radius 2 is 1.24 bits per heavy atom. The molecule has 0 fully saturated rings. The molecule has 0 bridgehead atoms. The zero-order valence-corrected chi connectivity index (χ0v) is 16.4. The summed E-state index contributed by atoms with van der Waals surface area (Å²) in [5, 5.41) is 27.6. The van der Waals surface area contributed by atoms with Crippen LogP contribution in [0.25, 0.3) is 0 Å². The van der Waals surface area contributed by atoms with E-state index in [0.29, 0.717) is 0 Å². The predicted octanol–water partition coefficient (Wildman–Crippen LogP) is 5.29. The van der Waals surface area contributed by atoms with E-state index in [0.717, 1.165) is 32.1 Å². The number of allylic oxidation sites excluding steroid dienone is 4. The molecule has 0 saturated carbocycles. The Morgan fingerprint density at radius 1 is 0.680 bits per heavy atom. The van der Waals surface area contributed by atoms with E-state index in [2.05, 4.69) is 31.2 Å². The summed E-state index contributed by atoms with van der Waals surface area (Å²) in [5.74, 6) is 0. The minimum Gasteiger partial charge on any atom is -0.394 e. The summed E-state index contributed by atoms with van der Waals surface area (Å²) in [7, 11) is 0. The quantitative estimate of drug-likeness (QED) is 0.231. The summed E-state index contributed by atoms with van der Waals surface area (Å²) in [6.07, 6.45) is 23.5. The fourth-order valence-corrected chi connectivity index (χ4v) is 2.87.